The Hall–Kier alpha value is -2.34. The molecule has 1 rings (SSSR count). The van der Waals surface area contributed by atoms with E-state index in [1.54, 1.807) is 37.3 Å². The first-order chi connectivity index (χ1) is 9.56. The topological polar surface area (TPSA) is 93.5 Å². The first kappa shape index (κ1) is 15.7. The Bertz CT molecular complexity index is 471. The number of amides is 2. The SMILES string of the molecule is C=CCC(N)C(=O)Nc1ccc(NC(=O)OCC)cc1. The largest absolute Gasteiger partial charge is 0.450 e. The van der Waals surface area contributed by atoms with Crippen LogP contribution in [0, 0.1) is 0 Å². The van der Waals surface area contributed by atoms with E-state index in [-0.39, 0.29) is 5.91 Å². The van der Waals surface area contributed by atoms with Crippen molar-refractivity contribution in [3.63, 3.8) is 0 Å². The van der Waals surface area contributed by atoms with Crippen LogP contribution in [0.1, 0.15) is 13.3 Å². The Morgan fingerprint density at radius 1 is 1.30 bits per heavy atom. The van der Waals surface area contributed by atoms with Gasteiger partial charge in [-0.3, -0.25) is 10.1 Å². The molecule has 2 amide bonds. The summed E-state index contributed by atoms with van der Waals surface area (Å²) in [7, 11) is 0. The average Bonchev–Trinajstić information content (AvgIpc) is 2.41. The van der Waals surface area contributed by atoms with Gasteiger partial charge in [0.1, 0.15) is 0 Å². The average molecular weight is 277 g/mol. The summed E-state index contributed by atoms with van der Waals surface area (Å²) in [5.74, 6) is -0.281. The van der Waals surface area contributed by atoms with E-state index in [2.05, 4.69) is 17.2 Å². The van der Waals surface area contributed by atoms with Gasteiger partial charge in [-0.15, -0.1) is 6.58 Å². The molecule has 1 unspecified atom stereocenters. The summed E-state index contributed by atoms with van der Waals surface area (Å²) in [5.41, 5.74) is 6.83. The fourth-order valence-electron chi connectivity index (χ4n) is 1.44. The highest BCUT2D eigenvalue weighted by molar-refractivity contribution is 5.95. The van der Waals surface area contributed by atoms with Crippen molar-refractivity contribution in [1.82, 2.24) is 0 Å². The van der Waals surface area contributed by atoms with Crippen molar-refractivity contribution in [2.24, 2.45) is 5.73 Å². The summed E-state index contributed by atoms with van der Waals surface area (Å²) >= 11 is 0. The van der Waals surface area contributed by atoms with Crippen LogP contribution in [-0.2, 0) is 9.53 Å². The second-order valence-corrected chi connectivity index (χ2v) is 4.04. The summed E-state index contributed by atoms with van der Waals surface area (Å²) in [6.45, 7) is 5.57. The highest BCUT2D eigenvalue weighted by atomic mass is 16.5. The molecule has 1 aromatic rings. The second-order valence-electron chi connectivity index (χ2n) is 4.04. The summed E-state index contributed by atoms with van der Waals surface area (Å²) in [4.78, 5) is 22.9. The van der Waals surface area contributed by atoms with Gasteiger partial charge < -0.3 is 15.8 Å². The molecule has 1 aromatic carbocycles. The third-order valence-corrected chi connectivity index (χ3v) is 2.43. The maximum atomic E-state index is 11.7. The molecule has 0 fully saturated rings. The number of hydrogen-bond donors (Lipinski definition) is 3. The molecule has 1 atom stereocenters. The van der Waals surface area contributed by atoms with E-state index in [0.717, 1.165) is 0 Å². The Labute approximate surface area is 118 Å². The van der Waals surface area contributed by atoms with Crippen LogP contribution in [0.5, 0.6) is 0 Å². The predicted molar refractivity (Wildman–Crippen MR) is 78.5 cm³/mol. The number of anilines is 2. The Morgan fingerprint density at radius 2 is 1.85 bits per heavy atom. The molecule has 0 aliphatic carbocycles. The number of ether oxygens (including phenoxy) is 1. The third-order valence-electron chi connectivity index (χ3n) is 2.43. The van der Waals surface area contributed by atoms with Gasteiger partial charge in [-0.25, -0.2) is 4.79 Å². The van der Waals surface area contributed by atoms with Crippen LogP contribution in [-0.4, -0.2) is 24.6 Å². The van der Waals surface area contributed by atoms with Crippen LogP contribution < -0.4 is 16.4 Å². The Morgan fingerprint density at radius 3 is 2.35 bits per heavy atom. The van der Waals surface area contributed by atoms with Gasteiger partial charge in [0.25, 0.3) is 0 Å². The summed E-state index contributed by atoms with van der Waals surface area (Å²) in [6, 6.07) is 6.03. The number of carbonyl (C=O) groups is 2. The standard InChI is InChI=1S/C14H19N3O3/c1-3-5-12(15)13(18)16-10-6-8-11(9-7-10)17-14(19)20-4-2/h3,6-9,12H,1,4-5,15H2,2H3,(H,16,18)(H,17,19). The monoisotopic (exact) mass is 277 g/mol. The molecular weight excluding hydrogens is 258 g/mol. The molecule has 20 heavy (non-hydrogen) atoms. The zero-order valence-electron chi connectivity index (χ0n) is 11.4. The lowest BCUT2D eigenvalue weighted by Crippen LogP contribution is -2.35. The first-order valence-corrected chi connectivity index (χ1v) is 6.28. The van der Waals surface area contributed by atoms with E-state index >= 15 is 0 Å². The van der Waals surface area contributed by atoms with Gasteiger partial charge in [0.2, 0.25) is 5.91 Å². The number of carbonyl (C=O) groups excluding carboxylic acids is 2. The molecule has 0 aliphatic rings. The maximum Gasteiger partial charge on any atom is 0.411 e. The van der Waals surface area contributed by atoms with E-state index in [1.807, 2.05) is 0 Å². The number of nitrogens with one attached hydrogen (secondary N) is 2. The Balaban J connectivity index is 2.56. The van der Waals surface area contributed by atoms with Crippen LogP contribution in [0.15, 0.2) is 36.9 Å². The van der Waals surface area contributed by atoms with E-state index in [0.29, 0.717) is 24.4 Å². The van der Waals surface area contributed by atoms with Gasteiger partial charge in [0, 0.05) is 11.4 Å². The van der Waals surface area contributed by atoms with Crippen LogP contribution in [0.4, 0.5) is 16.2 Å². The summed E-state index contributed by atoms with van der Waals surface area (Å²) in [6.07, 6.45) is 1.49. The molecular formula is C14H19N3O3. The molecule has 0 aliphatic heterocycles. The van der Waals surface area contributed by atoms with Crippen molar-refractivity contribution in [2.45, 2.75) is 19.4 Å². The molecule has 6 heteroatoms. The van der Waals surface area contributed by atoms with Crippen molar-refractivity contribution in [1.29, 1.82) is 0 Å². The van der Waals surface area contributed by atoms with Crippen LogP contribution in [0.2, 0.25) is 0 Å². The molecule has 0 saturated carbocycles. The van der Waals surface area contributed by atoms with Gasteiger partial charge >= 0.3 is 6.09 Å². The molecule has 0 bridgehead atoms. The molecule has 4 N–H and O–H groups in total. The lowest BCUT2D eigenvalue weighted by Gasteiger charge is -2.11. The van der Waals surface area contributed by atoms with E-state index in [1.165, 1.54) is 0 Å². The molecule has 0 radical (unpaired) electrons. The van der Waals surface area contributed by atoms with E-state index in [9.17, 15) is 9.59 Å². The van der Waals surface area contributed by atoms with Gasteiger partial charge in [0.05, 0.1) is 12.6 Å². The second kappa shape index (κ2) is 7.96. The summed E-state index contributed by atoms with van der Waals surface area (Å²) in [5, 5.41) is 5.23. The minimum atomic E-state index is -0.621. The minimum absolute atomic E-state index is 0.281. The number of hydrogen-bond acceptors (Lipinski definition) is 4. The van der Waals surface area contributed by atoms with E-state index < -0.39 is 12.1 Å². The number of benzene rings is 1. The fourth-order valence-corrected chi connectivity index (χ4v) is 1.44. The highest BCUT2D eigenvalue weighted by Gasteiger charge is 2.11. The fraction of sp³-hybridized carbons (Fsp3) is 0.286. The smallest absolute Gasteiger partial charge is 0.411 e. The van der Waals surface area contributed by atoms with Crippen LogP contribution >= 0.6 is 0 Å². The summed E-state index contributed by atoms with van der Waals surface area (Å²) < 4.78 is 4.75. The zero-order valence-corrected chi connectivity index (χ0v) is 11.4. The molecule has 0 aromatic heterocycles. The van der Waals surface area contributed by atoms with Gasteiger partial charge in [-0.2, -0.15) is 0 Å². The first-order valence-electron chi connectivity index (χ1n) is 6.28. The Kier molecular flexibility index (Phi) is 6.25. The van der Waals surface area contributed by atoms with Crippen molar-refractivity contribution < 1.29 is 14.3 Å². The number of rotatable bonds is 6. The van der Waals surface area contributed by atoms with E-state index in [4.69, 9.17) is 10.5 Å². The molecule has 0 spiro atoms. The molecule has 108 valence electrons. The van der Waals surface area contributed by atoms with Gasteiger partial charge in [-0.1, -0.05) is 6.08 Å². The van der Waals surface area contributed by atoms with Gasteiger partial charge in [0.15, 0.2) is 0 Å². The van der Waals surface area contributed by atoms with Crippen LogP contribution in [0.3, 0.4) is 0 Å². The van der Waals surface area contributed by atoms with Crippen molar-refractivity contribution in [3.05, 3.63) is 36.9 Å². The van der Waals surface area contributed by atoms with Crippen molar-refractivity contribution in [3.8, 4) is 0 Å². The molecule has 0 heterocycles. The molecule has 0 saturated heterocycles. The van der Waals surface area contributed by atoms with Crippen molar-refractivity contribution in [2.75, 3.05) is 17.2 Å². The van der Waals surface area contributed by atoms with Gasteiger partial charge in [-0.05, 0) is 37.6 Å². The zero-order chi connectivity index (χ0) is 15.0. The van der Waals surface area contributed by atoms with Crippen LogP contribution in [0.25, 0.3) is 0 Å². The number of nitrogens with two attached hydrogens (primary N) is 1. The lowest BCUT2D eigenvalue weighted by atomic mass is 10.2. The normalized spacial score (nSPS) is 11.3. The quantitative estimate of drug-likeness (QED) is 0.694. The van der Waals surface area contributed by atoms with Crippen molar-refractivity contribution >= 4 is 23.4 Å². The molecule has 6 nitrogen and oxygen atoms in total. The third kappa shape index (κ3) is 5.11. The lowest BCUT2D eigenvalue weighted by molar-refractivity contribution is -0.117. The maximum absolute atomic E-state index is 11.7. The minimum Gasteiger partial charge on any atom is -0.450 e. The predicted octanol–water partition coefficient (Wildman–Crippen LogP) is 2.10. The highest BCUT2D eigenvalue weighted by Crippen LogP contribution is 2.14.